The van der Waals surface area contributed by atoms with E-state index in [2.05, 4.69) is 76.6 Å². The molecule has 0 aliphatic rings. The monoisotopic (exact) mass is 1360 g/mol. The van der Waals surface area contributed by atoms with Gasteiger partial charge in [-0.15, -0.1) is 0 Å². The molecular formula is C68H69F3N14O10S2. The van der Waals surface area contributed by atoms with Crippen LogP contribution in [0.3, 0.4) is 0 Å². The Morgan fingerprint density at radius 2 is 0.835 bits per heavy atom. The van der Waals surface area contributed by atoms with E-state index in [1.165, 1.54) is 102 Å². The zero-order chi connectivity index (χ0) is 71.0. The second-order valence-electron chi connectivity index (χ2n) is 21.8. The van der Waals surface area contributed by atoms with E-state index in [9.17, 15) is 47.7 Å². The van der Waals surface area contributed by atoms with E-state index in [0.29, 0.717) is 45.4 Å². The van der Waals surface area contributed by atoms with Crippen LogP contribution in [0.15, 0.2) is 155 Å². The van der Waals surface area contributed by atoms with Gasteiger partial charge in [0.2, 0.25) is 0 Å². The van der Waals surface area contributed by atoms with Gasteiger partial charge in [-0.2, -0.15) is 43.8 Å². The van der Waals surface area contributed by atoms with Crippen molar-refractivity contribution in [2.45, 2.75) is 73.4 Å². The van der Waals surface area contributed by atoms with Crippen LogP contribution in [0.2, 0.25) is 0 Å². The van der Waals surface area contributed by atoms with Crippen molar-refractivity contribution in [3.05, 3.63) is 201 Å². The molecule has 0 spiro atoms. The van der Waals surface area contributed by atoms with E-state index in [-0.39, 0.29) is 72.5 Å². The number of hydrogen-bond acceptors (Lipinski definition) is 15. The van der Waals surface area contributed by atoms with Gasteiger partial charge in [0.05, 0.1) is 39.4 Å². The lowest BCUT2D eigenvalue weighted by Crippen LogP contribution is -2.25. The number of aryl methyl sites for hydroxylation is 6. The van der Waals surface area contributed by atoms with E-state index in [0.717, 1.165) is 40.8 Å². The highest BCUT2D eigenvalue weighted by atomic mass is 32.1. The highest BCUT2D eigenvalue weighted by Crippen LogP contribution is 2.37. The van der Waals surface area contributed by atoms with E-state index in [4.69, 9.17) is 39.8 Å². The van der Waals surface area contributed by atoms with Gasteiger partial charge in [-0.25, -0.2) is 19.8 Å². The third-order valence-corrected chi connectivity index (χ3v) is 15.2. The molecule has 97 heavy (non-hydrogen) atoms. The molecule has 0 atom stereocenters. The molecule has 0 unspecified atom stereocenters. The van der Waals surface area contributed by atoms with Crippen LogP contribution in [0.1, 0.15) is 128 Å². The highest BCUT2D eigenvalue weighted by molar-refractivity contribution is 7.80. The SMILES string of the molecule is C/C(=N\NC(=O)c1ccc(C(=O)O)cc1)c1nn(C)c(-c2ccc(C)c(C)c2)c1O.C/C(=N\NC(=S)Nc1ccc(C(=O)O)cc1)c1nn(C)c(-c2ccc(C(F)(F)F)cc2)c1O.CCCCCc1ccc(-c2c(O)c(/C(C)=N/NC(=S)Nc3ccc(C(=O)O)cc3)nn2C)cc1. The first-order valence-corrected chi connectivity index (χ1v) is 30.5. The largest absolute Gasteiger partial charge is 0.504 e. The molecule has 0 bridgehead atoms. The number of unbranched alkanes of at least 4 members (excludes halogenated alkanes) is 2. The zero-order valence-electron chi connectivity index (χ0n) is 53.9. The minimum atomic E-state index is -4.46. The molecule has 0 radical (unpaired) electrons. The fourth-order valence-electron chi connectivity index (χ4n) is 9.46. The first kappa shape index (κ1) is 72.8. The molecule has 1 amide bonds. The van der Waals surface area contributed by atoms with Crippen LogP contribution in [0, 0.1) is 13.8 Å². The van der Waals surface area contributed by atoms with Gasteiger partial charge < -0.3 is 41.3 Å². The molecule has 3 aromatic heterocycles. The molecule has 29 heteroatoms. The van der Waals surface area contributed by atoms with Crippen molar-refractivity contribution in [3.8, 4) is 51.0 Å². The molecule has 504 valence electrons. The summed E-state index contributed by atoms with van der Waals surface area (Å²) < 4.78 is 42.9. The number of aromatic nitrogens is 6. The Kier molecular flexibility index (Phi) is 24.4. The number of benzene rings is 6. The molecule has 0 aliphatic heterocycles. The number of carboxylic acid groups (broad SMARTS) is 3. The Morgan fingerprint density at radius 3 is 1.21 bits per heavy atom. The number of carboxylic acids is 3. The summed E-state index contributed by atoms with van der Waals surface area (Å²) in [5.74, 6) is -3.84. The molecule has 24 nitrogen and oxygen atoms in total. The lowest BCUT2D eigenvalue weighted by Gasteiger charge is -2.08. The van der Waals surface area contributed by atoms with E-state index < -0.39 is 35.6 Å². The van der Waals surface area contributed by atoms with Gasteiger partial charge in [0, 0.05) is 54.8 Å². The Bertz CT molecular complexity index is 4470. The van der Waals surface area contributed by atoms with Crippen molar-refractivity contribution >= 4 is 87.0 Å². The summed E-state index contributed by atoms with van der Waals surface area (Å²) in [6.07, 6.45) is 0.171. The second kappa shape index (κ2) is 32.5. The second-order valence-corrected chi connectivity index (χ2v) is 22.7. The van der Waals surface area contributed by atoms with Crippen LogP contribution in [0.5, 0.6) is 17.2 Å². The van der Waals surface area contributed by atoms with Gasteiger partial charge >= 0.3 is 24.1 Å². The summed E-state index contributed by atoms with van der Waals surface area (Å²) in [4.78, 5) is 45.0. The summed E-state index contributed by atoms with van der Waals surface area (Å²) in [6, 6.07) is 36.0. The lowest BCUT2D eigenvalue weighted by atomic mass is 10.0. The van der Waals surface area contributed by atoms with E-state index in [1.54, 1.807) is 63.4 Å². The first-order chi connectivity index (χ1) is 45.9. The third-order valence-electron chi connectivity index (χ3n) is 14.8. The van der Waals surface area contributed by atoms with E-state index >= 15 is 0 Å². The number of aromatic hydroxyl groups is 3. The number of aromatic carboxylic acids is 3. The molecule has 0 saturated carbocycles. The molecule has 11 N–H and O–H groups in total. The molecule has 3 heterocycles. The van der Waals surface area contributed by atoms with Crippen LogP contribution in [0.25, 0.3) is 33.8 Å². The number of nitrogens with zero attached hydrogens (tertiary/aromatic N) is 9. The van der Waals surface area contributed by atoms with Crippen LogP contribution in [0.4, 0.5) is 24.5 Å². The first-order valence-electron chi connectivity index (χ1n) is 29.7. The van der Waals surface area contributed by atoms with Crippen molar-refractivity contribution in [1.82, 2.24) is 45.6 Å². The standard InChI is InChI=1S/C25H29N5O3S.C22H22N4O4.C21H18F3N5O3S/c1-4-5-6-7-17-8-10-18(11-9-17)22-23(31)21(29-30(22)3)16(2)27-28-25(34)26-20-14-12-19(13-15-20)24(32)33;1-12-5-6-17(11-13(12)2)19-20(27)18(25-26(19)4)14(3)23-24-21(28)15-7-9-16(10-8-15)22(29)30;1-11(26-27-20(33)25-15-9-5-13(6-10-15)19(31)32)16-18(30)17(29(2)28-16)12-3-7-14(8-4-12)21(22,23)24/h8-15,31H,4-7H2,1-3H3,(H,32,33)(H2,26,28,34);5-11,27H,1-4H3,(H,24,28)(H,29,30);3-10,30H,1-2H3,(H,31,32)(H2,25,27,33)/b27-16+;23-14+;26-11+. The molecule has 9 rings (SSSR count). The van der Waals surface area contributed by atoms with Crippen LogP contribution in [-0.4, -0.2) is 111 Å². The van der Waals surface area contributed by atoms with Gasteiger partial charge in [0.15, 0.2) is 44.6 Å². The lowest BCUT2D eigenvalue weighted by molar-refractivity contribution is -0.137. The minimum Gasteiger partial charge on any atom is -0.504 e. The number of thiocarbonyl (C=S) groups is 2. The molecule has 6 aromatic carbocycles. The number of rotatable bonds is 19. The maximum Gasteiger partial charge on any atom is 0.416 e. The fourth-order valence-corrected chi connectivity index (χ4v) is 9.78. The van der Waals surface area contributed by atoms with Crippen molar-refractivity contribution < 1.29 is 63.0 Å². The maximum absolute atomic E-state index is 12.8. The minimum absolute atomic E-state index is 0.0259. The normalized spacial score (nSPS) is 11.5. The number of hydrogen-bond donors (Lipinski definition) is 11. The van der Waals surface area contributed by atoms with Gasteiger partial charge in [0.25, 0.3) is 5.91 Å². The number of carbonyl (C=O) groups is 4. The maximum atomic E-state index is 12.8. The Morgan fingerprint density at radius 1 is 0.485 bits per heavy atom. The van der Waals surface area contributed by atoms with Crippen molar-refractivity contribution in [2.75, 3.05) is 10.6 Å². The Hall–Kier alpha value is -11.6. The van der Waals surface area contributed by atoms with E-state index in [1.807, 2.05) is 44.2 Å². The number of hydrazone groups is 3. The number of nitrogens with one attached hydrogen (secondary N) is 5. The van der Waals surface area contributed by atoms with Gasteiger partial charge in [0.1, 0.15) is 17.1 Å². The molecule has 0 aliphatic carbocycles. The molecule has 0 saturated heterocycles. The predicted octanol–water partition coefficient (Wildman–Crippen LogP) is 12.4. The molecule has 9 aromatic rings. The quantitative estimate of drug-likeness (QED) is 0.0155. The topological polar surface area (TPSA) is 340 Å². The van der Waals surface area contributed by atoms with Crippen LogP contribution in [-0.2, 0) is 33.7 Å². The van der Waals surface area contributed by atoms with Crippen molar-refractivity contribution in [3.63, 3.8) is 0 Å². The average molecular weight is 1360 g/mol. The summed E-state index contributed by atoms with van der Waals surface area (Å²) in [5.41, 5.74) is 17.5. The number of halogens is 3. The van der Waals surface area contributed by atoms with Crippen molar-refractivity contribution in [2.24, 2.45) is 36.4 Å². The summed E-state index contributed by atoms with van der Waals surface area (Å²) in [6.45, 7) is 11.1. The van der Waals surface area contributed by atoms with Crippen molar-refractivity contribution in [1.29, 1.82) is 0 Å². The number of amides is 1. The third kappa shape index (κ3) is 19.1. The van der Waals surface area contributed by atoms with Gasteiger partial charge in [-0.1, -0.05) is 68.3 Å². The molecular weight excluding hydrogens is 1290 g/mol. The van der Waals surface area contributed by atoms with Gasteiger partial charge in [-0.05, 0) is 180 Å². The van der Waals surface area contributed by atoms with Gasteiger partial charge in [-0.3, -0.25) is 29.7 Å². The summed E-state index contributed by atoms with van der Waals surface area (Å²) in [5, 5.41) is 90.4. The Labute approximate surface area is 565 Å². The van der Waals surface area contributed by atoms with Crippen LogP contribution < -0.4 is 26.9 Å². The molecule has 0 fully saturated rings. The van der Waals surface area contributed by atoms with Crippen LogP contribution >= 0.6 is 24.4 Å². The number of alkyl halides is 3. The fraction of sp³-hybridized carbons (Fsp3) is 0.206. The summed E-state index contributed by atoms with van der Waals surface area (Å²) >= 11 is 10.4. The Balaban J connectivity index is 0.000000205. The highest BCUT2D eigenvalue weighted by Gasteiger charge is 2.31. The zero-order valence-corrected chi connectivity index (χ0v) is 55.5. The smallest absolute Gasteiger partial charge is 0.416 e. The number of carbonyl (C=O) groups excluding carboxylic acids is 1. The predicted molar refractivity (Wildman–Crippen MR) is 372 cm³/mol. The number of anilines is 2. The average Bonchev–Trinajstić information content (AvgIpc) is 1.72. The summed E-state index contributed by atoms with van der Waals surface area (Å²) in [7, 11) is 5.05.